The SMILES string of the molecule is COC(=O)[C@H]1c2ccoc2C[C@H]2[C@H]1[C@@H](O)[C@@H](O)[C@H]1C(C)(C)CCC[C@]21C. The summed E-state index contributed by atoms with van der Waals surface area (Å²) in [5.74, 6) is -0.389. The molecule has 0 saturated heterocycles. The number of carbonyl (C=O) groups is 1. The molecule has 0 aliphatic heterocycles. The Kier molecular flexibility index (Phi) is 4.05. The molecule has 5 heteroatoms. The number of methoxy groups -OCH3 is 1. The van der Waals surface area contributed by atoms with Crippen LogP contribution < -0.4 is 0 Å². The van der Waals surface area contributed by atoms with Gasteiger partial charge in [-0.05, 0) is 41.6 Å². The van der Waals surface area contributed by atoms with Crippen LogP contribution >= 0.6 is 0 Å². The second kappa shape index (κ2) is 5.83. The first-order chi connectivity index (χ1) is 12.2. The average Bonchev–Trinajstić information content (AvgIpc) is 3.05. The first-order valence-electron chi connectivity index (χ1n) is 9.72. The van der Waals surface area contributed by atoms with Crippen molar-refractivity contribution < 1.29 is 24.2 Å². The fourth-order valence-corrected chi connectivity index (χ4v) is 6.91. The van der Waals surface area contributed by atoms with E-state index in [9.17, 15) is 15.0 Å². The van der Waals surface area contributed by atoms with Gasteiger partial charge in [-0.15, -0.1) is 0 Å². The van der Waals surface area contributed by atoms with Gasteiger partial charge in [-0.3, -0.25) is 4.79 Å². The Morgan fingerprint density at radius 2 is 1.96 bits per heavy atom. The van der Waals surface area contributed by atoms with Crippen LogP contribution in [0, 0.1) is 28.6 Å². The highest BCUT2D eigenvalue weighted by Crippen LogP contribution is 2.64. The Balaban J connectivity index is 1.86. The van der Waals surface area contributed by atoms with E-state index in [0.29, 0.717) is 6.42 Å². The van der Waals surface area contributed by atoms with Gasteiger partial charge < -0.3 is 19.4 Å². The molecule has 144 valence electrons. The van der Waals surface area contributed by atoms with Crippen LogP contribution in [0.3, 0.4) is 0 Å². The van der Waals surface area contributed by atoms with Gasteiger partial charge in [0.05, 0.1) is 31.5 Å². The van der Waals surface area contributed by atoms with Gasteiger partial charge in [0.15, 0.2) is 0 Å². The zero-order valence-electron chi connectivity index (χ0n) is 16.1. The summed E-state index contributed by atoms with van der Waals surface area (Å²) in [5, 5.41) is 22.3. The molecule has 2 fully saturated rings. The van der Waals surface area contributed by atoms with E-state index >= 15 is 0 Å². The lowest BCUT2D eigenvalue weighted by atomic mass is 9.42. The smallest absolute Gasteiger partial charge is 0.313 e. The third-order valence-corrected chi connectivity index (χ3v) is 7.85. The first-order valence-corrected chi connectivity index (χ1v) is 9.72. The zero-order chi connectivity index (χ0) is 18.9. The highest BCUT2D eigenvalue weighted by molar-refractivity contribution is 5.79. The van der Waals surface area contributed by atoms with E-state index in [4.69, 9.17) is 9.15 Å². The van der Waals surface area contributed by atoms with Crippen molar-refractivity contribution in [2.24, 2.45) is 28.6 Å². The Morgan fingerprint density at radius 1 is 1.23 bits per heavy atom. The number of rotatable bonds is 1. The van der Waals surface area contributed by atoms with Crippen molar-refractivity contribution in [3.63, 3.8) is 0 Å². The van der Waals surface area contributed by atoms with E-state index in [1.165, 1.54) is 7.11 Å². The maximum absolute atomic E-state index is 12.7. The van der Waals surface area contributed by atoms with E-state index in [1.807, 2.05) is 6.07 Å². The molecule has 1 heterocycles. The van der Waals surface area contributed by atoms with Crippen LogP contribution in [0.4, 0.5) is 0 Å². The molecule has 0 unspecified atom stereocenters. The Hall–Kier alpha value is -1.33. The molecular weight excluding hydrogens is 332 g/mol. The molecule has 2 N–H and O–H groups in total. The molecule has 0 aromatic carbocycles. The molecule has 1 aromatic rings. The van der Waals surface area contributed by atoms with Crippen molar-refractivity contribution in [3.8, 4) is 0 Å². The van der Waals surface area contributed by atoms with Gasteiger partial charge in [-0.1, -0.05) is 27.2 Å². The lowest BCUT2D eigenvalue weighted by Crippen LogP contribution is -2.65. The topological polar surface area (TPSA) is 79.9 Å². The van der Waals surface area contributed by atoms with Crippen LogP contribution in [0.2, 0.25) is 0 Å². The number of fused-ring (bicyclic) bond motifs is 4. The quantitative estimate of drug-likeness (QED) is 0.751. The summed E-state index contributed by atoms with van der Waals surface area (Å²) < 4.78 is 10.8. The predicted octanol–water partition coefficient (Wildman–Crippen LogP) is 2.89. The molecule has 3 aliphatic rings. The fraction of sp³-hybridized carbons (Fsp3) is 0.762. The van der Waals surface area contributed by atoms with Crippen LogP contribution in [-0.4, -0.2) is 35.5 Å². The molecule has 2 saturated carbocycles. The minimum Gasteiger partial charge on any atom is -0.469 e. The van der Waals surface area contributed by atoms with E-state index in [1.54, 1.807) is 6.26 Å². The number of furan rings is 1. The number of esters is 1. The molecule has 4 rings (SSSR count). The normalized spacial score (nSPS) is 43.8. The number of aliphatic hydroxyl groups excluding tert-OH is 2. The lowest BCUT2D eigenvalue weighted by molar-refractivity contribution is -0.219. The second-order valence-corrected chi connectivity index (χ2v) is 9.49. The molecule has 3 aliphatic carbocycles. The molecule has 0 radical (unpaired) electrons. The summed E-state index contributed by atoms with van der Waals surface area (Å²) >= 11 is 0. The third kappa shape index (κ3) is 2.26. The fourth-order valence-electron chi connectivity index (χ4n) is 6.91. The van der Waals surface area contributed by atoms with Crippen molar-refractivity contribution in [2.75, 3.05) is 7.11 Å². The van der Waals surface area contributed by atoms with Gasteiger partial charge in [0.1, 0.15) is 5.76 Å². The van der Waals surface area contributed by atoms with Crippen LogP contribution in [-0.2, 0) is 16.0 Å². The molecule has 0 spiro atoms. The van der Waals surface area contributed by atoms with Gasteiger partial charge in [-0.25, -0.2) is 0 Å². The zero-order valence-corrected chi connectivity index (χ0v) is 16.1. The molecule has 26 heavy (non-hydrogen) atoms. The highest BCUT2D eigenvalue weighted by atomic mass is 16.5. The van der Waals surface area contributed by atoms with Gasteiger partial charge >= 0.3 is 5.97 Å². The summed E-state index contributed by atoms with van der Waals surface area (Å²) in [4.78, 5) is 12.7. The highest BCUT2D eigenvalue weighted by Gasteiger charge is 2.64. The summed E-state index contributed by atoms with van der Waals surface area (Å²) in [6.45, 7) is 6.64. The number of aliphatic hydroxyl groups is 2. The van der Waals surface area contributed by atoms with E-state index in [-0.39, 0.29) is 34.6 Å². The van der Waals surface area contributed by atoms with Gasteiger partial charge in [0.2, 0.25) is 0 Å². The predicted molar refractivity (Wildman–Crippen MR) is 95.4 cm³/mol. The monoisotopic (exact) mass is 362 g/mol. The molecule has 0 amide bonds. The Labute approximate surface area is 154 Å². The van der Waals surface area contributed by atoms with Crippen LogP contribution in [0.1, 0.15) is 57.3 Å². The van der Waals surface area contributed by atoms with Crippen molar-refractivity contribution in [3.05, 3.63) is 23.7 Å². The molecule has 7 atom stereocenters. The summed E-state index contributed by atoms with van der Waals surface area (Å²) in [5.41, 5.74) is 0.603. The Bertz CT molecular complexity index is 707. The second-order valence-electron chi connectivity index (χ2n) is 9.49. The van der Waals surface area contributed by atoms with Crippen LogP contribution in [0.25, 0.3) is 0 Å². The number of ether oxygens (including phenoxy) is 1. The molecule has 5 nitrogen and oxygen atoms in total. The molecule has 1 aromatic heterocycles. The van der Waals surface area contributed by atoms with Crippen molar-refractivity contribution in [1.82, 2.24) is 0 Å². The van der Waals surface area contributed by atoms with Gasteiger partial charge in [0, 0.05) is 17.9 Å². The molecular formula is C21H30O5. The summed E-state index contributed by atoms with van der Waals surface area (Å²) in [7, 11) is 1.38. The summed E-state index contributed by atoms with van der Waals surface area (Å²) in [6, 6.07) is 1.81. The van der Waals surface area contributed by atoms with Crippen LogP contribution in [0.5, 0.6) is 0 Å². The minimum absolute atomic E-state index is 0.00481. The average molecular weight is 362 g/mol. The van der Waals surface area contributed by atoms with Crippen molar-refractivity contribution in [1.29, 1.82) is 0 Å². The summed E-state index contributed by atoms with van der Waals surface area (Å²) in [6.07, 6.45) is 3.68. The number of hydrogen-bond donors (Lipinski definition) is 2. The largest absolute Gasteiger partial charge is 0.469 e. The minimum atomic E-state index is -0.942. The maximum atomic E-state index is 12.7. The van der Waals surface area contributed by atoms with E-state index < -0.39 is 18.1 Å². The van der Waals surface area contributed by atoms with Crippen molar-refractivity contribution in [2.45, 2.75) is 64.6 Å². The van der Waals surface area contributed by atoms with Gasteiger partial charge in [0.25, 0.3) is 0 Å². The maximum Gasteiger partial charge on any atom is 0.313 e. The first kappa shape index (κ1) is 18.1. The van der Waals surface area contributed by atoms with E-state index in [0.717, 1.165) is 30.6 Å². The molecule has 0 bridgehead atoms. The van der Waals surface area contributed by atoms with Gasteiger partial charge in [-0.2, -0.15) is 0 Å². The van der Waals surface area contributed by atoms with Crippen LogP contribution in [0.15, 0.2) is 16.7 Å². The van der Waals surface area contributed by atoms with E-state index in [2.05, 4.69) is 20.8 Å². The number of carbonyl (C=O) groups excluding carboxylic acids is 1. The standard InChI is InChI=1S/C21H30O5/c1-20(2)7-5-8-21(3)12-10-13-11(6-9-26-13)14(19(24)25-4)15(12)16(22)17(23)18(20)21/h6,9,12,14-18,22-23H,5,7-8,10H2,1-4H3/t12-,14-,15+,16+,17+,18-,21+/m0/s1. The van der Waals surface area contributed by atoms with Crippen molar-refractivity contribution >= 4 is 5.97 Å². The third-order valence-electron chi connectivity index (χ3n) is 7.85. The lowest BCUT2D eigenvalue weighted by Gasteiger charge is -2.63. The number of hydrogen-bond acceptors (Lipinski definition) is 5. The Morgan fingerprint density at radius 3 is 2.65 bits per heavy atom.